The molecule has 2 rings (SSSR count). The first-order chi connectivity index (χ1) is 7.13. The Kier molecular flexibility index (Phi) is 2.83. The lowest BCUT2D eigenvalue weighted by Crippen LogP contribution is -2.20. The van der Waals surface area contributed by atoms with Gasteiger partial charge in [-0.1, -0.05) is 13.8 Å². The van der Waals surface area contributed by atoms with Crippen LogP contribution in [-0.4, -0.2) is 16.3 Å². The summed E-state index contributed by atoms with van der Waals surface area (Å²) in [5.74, 6) is 0.871. The van der Waals surface area contributed by atoms with E-state index in [1.54, 1.807) is 0 Å². The average molecular weight is 207 g/mol. The van der Waals surface area contributed by atoms with Crippen LogP contribution in [0.25, 0.3) is 0 Å². The Morgan fingerprint density at radius 3 is 2.93 bits per heavy atom. The number of rotatable bonds is 5. The smallest absolute Gasteiger partial charge is 0.0521 e. The molecule has 0 saturated heterocycles. The van der Waals surface area contributed by atoms with Gasteiger partial charge in [0.1, 0.15) is 0 Å². The summed E-state index contributed by atoms with van der Waals surface area (Å²) in [6.45, 7) is 9.85. The highest BCUT2D eigenvalue weighted by atomic mass is 15.3. The van der Waals surface area contributed by atoms with Crippen molar-refractivity contribution in [3.63, 3.8) is 0 Å². The fourth-order valence-electron chi connectivity index (χ4n) is 2.09. The van der Waals surface area contributed by atoms with Gasteiger partial charge >= 0.3 is 0 Å². The van der Waals surface area contributed by atoms with Crippen LogP contribution in [0.3, 0.4) is 0 Å². The van der Waals surface area contributed by atoms with Gasteiger partial charge < -0.3 is 5.32 Å². The third kappa shape index (κ3) is 2.40. The summed E-state index contributed by atoms with van der Waals surface area (Å²) in [6.07, 6.45) is 3.24. The summed E-state index contributed by atoms with van der Waals surface area (Å²) < 4.78 is 2.05. The number of hydrogen-bond donors (Lipinski definition) is 1. The predicted molar refractivity (Wildman–Crippen MR) is 61.5 cm³/mol. The summed E-state index contributed by atoms with van der Waals surface area (Å²) in [6, 6.07) is 2.09. The van der Waals surface area contributed by atoms with Crippen LogP contribution < -0.4 is 5.32 Å². The Balaban J connectivity index is 1.74. The number of nitrogens with zero attached hydrogens (tertiary/aromatic N) is 2. The van der Waals surface area contributed by atoms with Gasteiger partial charge in [-0.15, -0.1) is 0 Å². The molecule has 0 aromatic carbocycles. The van der Waals surface area contributed by atoms with Crippen LogP contribution >= 0.6 is 0 Å². The van der Waals surface area contributed by atoms with Gasteiger partial charge in [0.25, 0.3) is 0 Å². The highest BCUT2D eigenvalue weighted by molar-refractivity contribution is 5.01. The normalized spacial score (nSPS) is 23.0. The van der Waals surface area contributed by atoms with Gasteiger partial charge in [0.05, 0.1) is 5.69 Å². The molecule has 1 aliphatic carbocycles. The maximum Gasteiger partial charge on any atom is 0.0521 e. The van der Waals surface area contributed by atoms with Crippen molar-refractivity contribution in [1.82, 2.24) is 15.1 Å². The molecule has 15 heavy (non-hydrogen) atoms. The van der Waals surface area contributed by atoms with Gasteiger partial charge in [-0.2, -0.15) is 5.10 Å². The summed E-state index contributed by atoms with van der Waals surface area (Å²) in [4.78, 5) is 0. The van der Waals surface area contributed by atoms with Crippen molar-refractivity contribution in [2.24, 2.45) is 11.3 Å². The van der Waals surface area contributed by atoms with Gasteiger partial charge in [-0.05, 0) is 37.3 Å². The molecule has 0 bridgehead atoms. The molecule has 0 amide bonds. The number of aromatic nitrogens is 2. The van der Waals surface area contributed by atoms with E-state index in [0.29, 0.717) is 5.41 Å². The van der Waals surface area contributed by atoms with Crippen LogP contribution in [0.15, 0.2) is 12.3 Å². The van der Waals surface area contributed by atoms with Crippen LogP contribution in [0.5, 0.6) is 0 Å². The minimum atomic E-state index is 0.581. The number of hydrogen-bond acceptors (Lipinski definition) is 2. The molecule has 0 radical (unpaired) electrons. The van der Waals surface area contributed by atoms with E-state index in [9.17, 15) is 0 Å². The molecule has 1 saturated carbocycles. The fraction of sp³-hybridized carbons (Fsp3) is 0.750. The number of nitrogens with one attached hydrogen (secondary N) is 1. The zero-order chi connectivity index (χ0) is 10.9. The van der Waals surface area contributed by atoms with E-state index >= 15 is 0 Å². The lowest BCUT2D eigenvalue weighted by Gasteiger charge is -2.07. The van der Waals surface area contributed by atoms with Crippen molar-refractivity contribution >= 4 is 0 Å². The van der Waals surface area contributed by atoms with Crippen molar-refractivity contribution in [2.75, 3.05) is 6.54 Å². The molecule has 84 valence electrons. The molecular formula is C12H21N3. The number of aryl methyl sites for hydroxylation is 1. The summed E-state index contributed by atoms with van der Waals surface area (Å²) >= 11 is 0. The standard InChI is InChI=1S/C12H21N3/c1-4-15-11(5-6-14-15)9-13-8-10-7-12(10,2)3/h5-6,10,13H,4,7-9H2,1-3H3. The second-order valence-corrected chi connectivity index (χ2v) is 5.16. The van der Waals surface area contributed by atoms with Crippen molar-refractivity contribution in [3.05, 3.63) is 18.0 Å². The topological polar surface area (TPSA) is 29.9 Å². The van der Waals surface area contributed by atoms with Crippen LogP contribution in [0.1, 0.15) is 32.9 Å². The Hall–Kier alpha value is -0.830. The molecule has 1 unspecified atom stereocenters. The van der Waals surface area contributed by atoms with Gasteiger partial charge in [0.15, 0.2) is 0 Å². The van der Waals surface area contributed by atoms with Crippen molar-refractivity contribution in [3.8, 4) is 0 Å². The van der Waals surface area contributed by atoms with E-state index in [2.05, 4.69) is 37.3 Å². The molecule has 1 heterocycles. The minimum absolute atomic E-state index is 0.581. The monoisotopic (exact) mass is 207 g/mol. The lowest BCUT2D eigenvalue weighted by atomic mass is 10.1. The Morgan fingerprint density at radius 1 is 1.60 bits per heavy atom. The molecule has 3 nitrogen and oxygen atoms in total. The van der Waals surface area contributed by atoms with Crippen LogP contribution in [0.2, 0.25) is 0 Å². The summed E-state index contributed by atoms with van der Waals surface area (Å²) in [5.41, 5.74) is 1.87. The maximum absolute atomic E-state index is 4.25. The van der Waals surface area contributed by atoms with E-state index in [4.69, 9.17) is 0 Å². The zero-order valence-electron chi connectivity index (χ0n) is 9.95. The van der Waals surface area contributed by atoms with Crippen molar-refractivity contribution < 1.29 is 0 Å². The van der Waals surface area contributed by atoms with Crippen LogP contribution in [0.4, 0.5) is 0 Å². The zero-order valence-corrected chi connectivity index (χ0v) is 9.95. The van der Waals surface area contributed by atoms with E-state index in [-0.39, 0.29) is 0 Å². The van der Waals surface area contributed by atoms with Gasteiger partial charge in [-0.25, -0.2) is 0 Å². The predicted octanol–water partition coefficient (Wildman–Crippen LogP) is 2.04. The molecule has 1 N–H and O–H groups in total. The quantitative estimate of drug-likeness (QED) is 0.800. The third-order valence-electron chi connectivity index (χ3n) is 3.52. The first kappa shape index (κ1) is 10.7. The first-order valence-electron chi connectivity index (χ1n) is 5.85. The van der Waals surface area contributed by atoms with E-state index in [1.165, 1.54) is 12.1 Å². The Labute approximate surface area is 91.9 Å². The molecule has 1 aromatic heterocycles. The molecule has 1 aromatic rings. The highest BCUT2D eigenvalue weighted by Gasteiger charge is 2.44. The average Bonchev–Trinajstić information content (AvgIpc) is 2.64. The fourth-order valence-corrected chi connectivity index (χ4v) is 2.09. The molecule has 0 spiro atoms. The second kappa shape index (κ2) is 3.97. The van der Waals surface area contributed by atoms with Gasteiger partial charge in [-0.3, -0.25) is 4.68 Å². The van der Waals surface area contributed by atoms with E-state index in [1.807, 2.05) is 10.9 Å². The molecule has 3 heteroatoms. The highest BCUT2D eigenvalue weighted by Crippen LogP contribution is 2.50. The van der Waals surface area contributed by atoms with E-state index in [0.717, 1.165) is 25.6 Å². The molecule has 1 fully saturated rings. The maximum atomic E-state index is 4.25. The van der Waals surface area contributed by atoms with Crippen LogP contribution in [0, 0.1) is 11.3 Å². The van der Waals surface area contributed by atoms with Crippen molar-refractivity contribution in [1.29, 1.82) is 0 Å². The van der Waals surface area contributed by atoms with Crippen LogP contribution in [-0.2, 0) is 13.1 Å². The Bertz CT molecular complexity index is 327. The lowest BCUT2D eigenvalue weighted by molar-refractivity contribution is 0.507. The largest absolute Gasteiger partial charge is 0.311 e. The van der Waals surface area contributed by atoms with Gasteiger partial charge in [0, 0.05) is 19.3 Å². The molecule has 0 aliphatic heterocycles. The molecular weight excluding hydrogens is 186 g/mol. The molecule has 1 atom stereocenters. The van der Waals surface area contributed by atoms with E-state index < -0.39 is 0 Å². The van der Waals surface area contributed by atoms with Gasteiger partial charge in [0.2, 0.25) is 0 Å². The third-order valence-corrected chi connectivity index (χ3v) is 3.52. The molecule has 1 aliphatic rings. The first-order valence-corrected chi connectivity index (χ1v) is 5.85. The summed E-state index contributed by atoms with van der Waals surface area (Å²) in [7, 11) is 0. The summed E-state index contributed by atoms with van der Waals surface area (Å²) in [5, 5.41) is 7.77. The second-order valence-electron chi connectivity index (χ2n) is 5.16. The van der Waals surface area contributed by atoms with Crippen molar-refractivity contribution in [2.45, 2.75) is 40.3 Å². The Morgan fingerprint density at radius 2 is 2.33 bits per heavy atom. The minimum Gasteiger partial charge on any atom is -0.311 e. The SMILES string of the molecule is CCn1nccc1CNCC1CC1(C)C.